The van der Waals surface area contributed by atoms with E-state index in [0.717, 1.165) is 23.5 Å². The van der Waals surface area contributed by atoms with E-state index >= 15 is 0 Å². The van der Waals surface area contributed by atoms with Gasteiger partial charge in [0.2, 0.25) is 0 Å². The van der Waals surface area contributed by atoms with Gasteiger partial charge in [-0.05, 0) is 24.3 Å². The minimum Gasteiger partial charge on any atom is -0.380 e. The van der Waals surface area contributed by atoms with Crippen molar-refractivity contribution in [2.75, 3.05) is 11.1 Å². The van der Waals surface area contributed by atoms with Crippen LogP contribution >= 0.6 is 11.8 Å². The third-order valence-electron chi connectivity index (χ3n) is 3.22. The summed E-state index contributed by atoms with van der Waals surface area (Å²) in [5, 5.41) is 7.87. The van der Waals surface area contributed by atoms with Crippen LogP contribution < -0.4 is 5.32 Å². The van der Waals surface area contributed by atoms with Crippen LogP contribution in [0.1, 0.15) is 5.56 Å². The molecule has 4 heteroatoms. The summed E-state index contributed by atoms with van der Waals surface area (Å²) in [6, 6.07) is 14.5. The molecule has 0 unspecified atom stereocenters. The highest BCUT2D eigenvalue weighted by Crippen LogP contribution is 2.27. The van der Waals surface area contributed by atoms with Gasteiger partial charge < -0.3 is 5.32 Å². The van der Waals surface area contributed by atoms with Gasteiger partial charge in [0, 0.05) is 34.6 Å². The van der Waals surface area contributed by atoms with Gasteiger partial charge in [-0.2, -0.15) is 5.10 Å². The SMILES string of the molecule is C=CCSc1ccccc1NCc1cnn2ccccc12. The van der Waals surface area contributed by atoms with Gasteiger partial charge in [-0.3, -0.25) is 0 Å². The molecule has 106 valence electrons. The van der Waals surface area contributed by atoms with Crippen LogP contribution in [-0.2, 0) is 6.54 Å². The lowest BCUT2D eigenvalue weighted by molar-refractivity contribution is 0.961. The number of hydrogen-bond acceptors (Lipinski definition) is 3. The number of benzene rings is 1. The van der Waals surface area contributed by atoms with Crippen LogP contribution in [0, 0.1) is 0 Å². The Morgan fingerprint density at radius 2 is 2.05 bits per heavy atom. The van der Waals surface area contributed by atoms with Gasteiger partial charge in [0.15, 0.2) is 0 Å². The quantitative estimate of drug-likeness (QED) is 0.545. The van der Waals surface area contributed by atoms with Crippen LogP contribution in [0.3, 0.4) is 0 Å². The van der Waals surface area contributed by atoms with Crippen LogP contribution in [0.25, 0.3) is 5.52 Å². The van der Waals surface area contributed by atoms with Gasteiger partial charge in [0.1, 0.15) is 0 Å². The number of rotatable bonds is 6. The Hall–Kier alpha value is -2.20. The maximum absolute atomic E-state index is 4.36. The lowest BCUT2D eigenvalue weighted by Gasteiger charge is -2.10. The summed E-state index contributed by atoms with van der Waals surface area (Å²) in [4.78, 5) is 1.24. The lowest BCUT2D eigenvalue weighted by atomic mass is 10.2. The zero-order valence-electron chi connectivity index (χ0n) is 11.7. The maximum Gasteiger partial charge on any atom is 0.0711 e. The molecule has 0 bridgehead atoms. The number of nitrogens with one attached hydrogen (secondary N) is 1. The van der Waals surface area contributed by atoms with Crippen LogP contribution in [0.4, 0.5) is 5.69 Å². The first-order chi connectivity index (χ1) is 10.4. The van der Waals surface area contributed by atoms with Crippen molar-refractivity contribution in [1.29, 1.82) is 0 Å². The fourth-order valence-corrected chi connectivity index (χ4v) is 2.97. The summed E-state index contributed by atoms with van der Waals surface area (Å²) >= 11 is 1.79. The van der Waals surface area contributed by atoms with E-state index in [1.54, 1.807) is 11.8 Å². The highest BCUT2D eigenvalue weighted by Gasteiger charge is 2.05. The predicted molar refractivity (Wildman–Crippen MR) is 89.9 cm³/mol. The molecule has 3 rings (SSSR count). The first kappa shape index (κ1) is 13.8. The molecular weight excluding hydrogens is 278 g/mol. The molecule has 1 N–H and O–H groups in total. The van der Waals surface area contributed by atoms with Gasteiger partial charge >= 0.3 is 0 Å². The van der Waals surface area contributed by atoms with Crippen molar-refractivity contribution in [3.63, 3.8) is 0 Å². The Morgan fingerprint density at radius 3 is 2.95 bits per heavy atom. The summed E-state index contributed by atoms with van der Waals surface area (Å²) in [5.41, 5.74) is 3.49. The second-order valence-electron chi connectivity index (χ2n) is 4.65. The Kier molecular flexibility index (Phi) is 4.26. The number of anilines is 1. The number of para-hydroxylation sites is 1. The summed E-state index contributed by atoms with van der Waals surface area (Å²) in [6.07, 6.45) is 5.81. The molecule has 0 saturated carbocycles. The van der Waals surface area contributed by atoms with Gasteiger partial charge in [0.25, 0.3) is 0 Å². The van der Waals surface area contributed by atoms with E-state index in [4.69, 9.17) is 0 Å². The standard InChI is InChI=1S/C17H17N3S/c1-2-11-21-17-9-4-3-7-15(17)18-12-14-13-19-20-10-6-5-8-16(14)20/h2-10,13,18H,1,11-12H2. The Morgan fingerprint density at radius 1 is 1.19 bits per heavy atom. The van der Waals surface area contributed by atoms with Crippen molar-refractivity contribution < 1.29 is 0 Å². The minimum absolute atomic E-state index is 0.763. The number of hydrogen-bond donors (Lipinski definition) is 1. The molecule has 0 spiro atoms. The van der Waals surface area contributed by atoms with Crippen molar-refractivity contribution in [2.24, 2.45) is 0 Å². The fourth-order valence-electron chi connectivity index (χ4n) is 2.20. The smallest absolute Gasteiger partial charge is 0.0711 e. The topological polar surface area (TPSA) is 29.3 Å². The fraction of sp³-hybridized carbons (Fsp3) is 0.118. The second kappa shape index (κ2) is 6.50. The van der Waals surface area contributed by atoms with E-state index in [1.165, 1.54) is 10.5 Å². The van der Waals surface area contributed by atoms with Gasteiger partial charge in [0.05, 0.1) is 11.7 Å². The zero-order chi connectivity index (χ0) is 14.5. The lowest BCUT2D eigenvalue weighted by Crippen LogP contribution is -2.00. The average Bonchev–Trinajstić information content (AvgIpc) is 2.95. The molecule has 2 heterocycles. The second-order valence-corrected chi connectivity index (χ2v) is 5.71. The normalized spacial score (nSPS) is 10.7. The highest BCUT2D eigenvalue weighted by molar-refractivity contribution is 7.99. The molecule has 0 fully saturated rings. The highest BCUT2D eigenvalue weighted by atomic mass is 32.2. The summed E-state index contributed by atoms with van der Waals surface area (Å²) in [7, 11) is 0. The molecule has 0 aliphatic rings. The van der Waals surface area contributed by atoms with Gasteiger partial charge in [-0.1, -0.05) is 24.3 Å². The van der Waals surface area contributed by atoms with Crippen LogP contribution in [-0.4, -0.2) is 15.4 Å². The van der Waals surface area contributed by atoms with Crippen LogP contribution in [0.5, 0.6) is 0 Å². The van der Waals surface area contributed by atoms with Crippen molar-refractivity contribution in [1.82, 2.24) is 9.61 Å². The number of nitrogens with zero attached hydrogens (tertiary/aromatic N) is 2. The van der Waals surface area contributed by atoms with Crippen LogP contribution in [0.2, 0.25) is 0 Å². The molecule has 0 saturated heterocycles. The Bertz CT molecular complexity index is 748. The molecule has 0 atom stereocenters. The molecule has 1 aromatic carbocycles. The molecule has 3 nitrogen and oxygen atoms in total. The third-order valence-corrected chi connectivity index (χ3v) is 4.29. The van der Waals surface area contributed by atoms with Gasteiger partial charge in [-0.15, -0.1) is 18.3 Å². The van der Waals surface area contributed by atoms with E-state index in [0.29, 0.717) is 0 Å². The van der Waals surface area contributed by atoms with Crippen molar-refractivity contribution in [3.05, 3.63) is 73.1 Å². The molecular formula is C17H17N3S. The summed E-state index contributed by atoms with van der Waals surface area (Å²) in [5.74, 6) is 0.912. The Balaban J connectivity index is 1.77. The summed E-state index contributed by atoms with van der Waals surface area (Å²) < 4.78 is 1.90. The van der Waals surface area contributed by atoms with E-state index in [-0.39, 0.29) is 0 Å². The van der Waals surface area contributed by atoms with Gasteiger partial charge in [-0.25, -0.2) is 4.52 Å². The van der Waals surface area contributed by atoms with E-state index < -0.39 is 0 Å². The first-order valence-corrected chi connectivity index (χ1v) is 7.85. The summed E-state index contributed by atoms with van der Waals surface area (Å²) in [6.45, 7) is 4.54. The molecule has 0 amide bonds. The van der Waals surface area contributed by atoms with Crippen molar-refractivity contribution in [2.45, 2.75) is 11.4 Å². The number of pyridine rings is 1. The third kappa shape index (κ3) is 3.11. The molecule has 0 aliphatic carbocycles. The molecule has 21 heavy (non-hydrogen) atoms. The Labute approximate surface area is 128 Å². The molecule has 0 radical (unpaired) electrons. The minimum atomic E-state index is 0.763. The number of fused-ring (bicyclic) bond motifs is 1. The van der Waals surface area contributed by atoms with E-state index in [9.17, 15) is 0 Å². The monoisotopic (exact) mass is 295 g/mol. The zero-order valence-corrected chi connectivity index (χ0v) is 12.5. The average molecular weight is 295 g/mol. The van der Waals surface area contributed by atoms with Crippen LogP contribution in [0.15, 0.2) is 72.4 Å². The predicted octanol–water partition coefficient (Wildman–Crippen LogP) is 4.22. The molecule has 2 aromatic heterocycles. The maximum atomic E-state index is 4.36. The van der Waals surface area contributed by atoms with Crippen molar-refractivity contribution in [3.8, 4) is 0 Å². The van der Waals surface area contributed by atoms with E-state index in [2.05, 4.69) is 47.3 Å². The molecule has 3 aromatic rings. The van der Waals surface area contributed by atoms with Crippen molar-refractivity contribution >= 4 is 23.0 Å². The molecule has 0 aliphatic heterocycles. The number of aromatic nitrogens is 2. The number of thioether (sulfide) groups is 1. The van der Waals surface area contributed by atoms with E-state index in [1.807, 2.05) is 35.1 Å². The first-order valence-electron chi connectivity index (χ1n) is 6.86. The largest absolute Gasteiger partial charge is 0.380 e.